The van der Waals surface area contributed by atoms with Gasteiger partial charge in [-0.15, -0.1) is 0 Å². The van der Waals surface area contributed by atoms with Crippen molar-refractivity contribution in [2.45, 2.75) is 0 Å². The second-order valence-electron chi connectivity index (χ2n) is 11.7. The molecule has 218 valence electrons. The minimum Gasteiger partial charge on any atom is -0.389 e. The molecular formula is C37H33BF2N4. The summed E-state index contributed by atoms with van der Waals surface area (Å²) >= 11 is 0. The lowest BCUT2D eigenvalue weighted by Gasteiger charge is -2.32. The second-order valence-corrected chi connectivity index (χ2v) is 11.7. The normalized spacial score (nSPS) is 15.0. The maximum absolute atomic E-state index is 17.5. The van der Waals surface area contributed by atoms with Gasteiger partial charge < -0.3 is 27.4 Å². The first kappa shape index (κ1) is 27.7. The molecule has 0 radical (unpaired) electrons. The summed E-state index contributed by atoms with van der Waals surface area (Å²) in [6.45, 7) is -4.31. The molecule has 4 nitrogen and oxygen atoms in total. The Balaban J connectivity index is 1.51. The molecule has 44 heavy (non-hydrogen) atoms. The fourth-order valence-corrected chi connectivity index (χ4v) is 6.29. The van der Waals surface area contributed by atoms with E-state index in [0.29, 0.717) is 22.8 Å². The van der Waals surface area contributed by atoms with E-state index in [9.17, 15) is 0 Å². The van der Waals surface area contributed by atoms with E-state index in [1.807, 2.05) is 165 Å². The van der Waals surface area contributed by atoms with Gasteiger partial charge in [0.15, 0.2) is 11.4 Å². The van der Waals surface area contributed by atoms with Crippen molar-refractivity contribution in [1.82, 2.24) is 4.48 Å². The van der Waals surface area contributed by atoms with Gasteiger partial charge in [0.25, 0.3) is 0 Å². The van der Waals surface area contributed by atoms with Gasteiger partial charge in [0.05, 0.1) is 5.57 Å². The van der Waals surface area contributed by atoms with Crippen molar-refractivity contribution in [2.24, 2.45) is 0 Å². The molecule has 0 unspecified atom stereocenters. The lowest BCUT2D eigenvalue weighted by Crippen LogP contribution is -2.50. The maximum Gasteiger partial charge on any atom is 0.737 e. The van der Waals surface area contributed by atoms with Crippen LogP contribution in [0.1, 0.15) is 16.8 Å². The average molecular weight is 583 g/mol. The summed E-state index contributed by atoms with van der Waals surface area (Å²) in [6, 6.07) is 37.2. The first-order valence-corrected chi connectivity index (χ1v) is 14.8. The number of allylic oxidation sites excluding steroid dienone is 2. The quantitative estimate of drug-likeness (QED) is 0.188. The van der Waals surface area contributed by atoms with Crippen LogP contribution in [0.15, 0.2) is 127 Å². The molecule has 0 spiro atoms. The zero-order valence-corrected chi connectivity index (χ0v) is 25.2. The lowest BCUT2D eigenvalue weighted by molar-refractivity contribution is -0.358. The molecule has 0 saturated carbocycles. The van der Waals surface area contributed by atoms with Crippen LogP contribution in [0.2, 0.25) is 0 Å². The molecule has 2 aliphatic heterocycles. The Kier molecular flexibility index (Phi) is 6.62. The van der Waals surface area contributed by atoms with Crippen LogP contribution < -0.4 is 9.80 Å². The molecule has 0 fully saturated rings. The fourth-order valence-electron chi connectivity index (χ4n) is 6.29. The first-order valence-electron chi connectivity index (χ1n) is 14.8. The van der Waals surface area contributed by atoms with Crippen LogP contribution in [0.25, 0.3) is 34.0 Å². The van der Waals surface area contributed by atoms with Crippen molar-refractivity contribution in [3.8, 4) is 22.4 Å². The maximum atomic E-state index is 17.5. The zero-order valence-electron chi connectivity index (χ0n) is 25.2. The third-order valence-corrected chi connectivity index (χ3v) is 8.58. The summed E-state index contributed by atoms with van der Waals surface area (Å²) in [5, 5.41) is 0. The van der Waals surface area contributed by atoms with Crippen LogP contribution in [-0.2, 0) is 0 Å². The van der Waals surface area contributed by atoms with E-state index in [-0.39, 0.29) is 0 Å². The Morgan fingerprint density at radius 1 is 0.591 bits per heavy atom. The van der Waals surface area contributed by atoms with E-state index < -0.39 is 6.97 Å². The molecule has 0 N–H and O–H groups in total. The highest BCUT2D eigenvalue weighted by molar-refractivity contribution is 6.59. The molecule has 7 rings (SSSR count). The van der Waals surface area contributed by atoms with Crippen LogP contribution >= 0.6 is 0 Å². The number of anilines is 2. The van der Waals surface area contributed by atoms with Crippen molar-refractivity contribution < 1.29 is 13.1 Å². The highest BCUT2D eigenvalue weighted by Gasteiger charge is 2.55. The van der Waals surface area contributed by atoms with Gasteiger partial charge in [-0.2, -0.15) is 0 Å². The Bertz CT molecular complexity index is 1950. The average Bonchev–Trinajstić information content (AvgIpc) is 3.63. The van der Waals surface area contributed by atoms with Crippen molar-refractivity contribution in [2.75, 3.05) is 38.0 Å². The van der Waals surface area contributed by atoms with Gasteiger partial charge in [0, 0.05) is 74.2 Å². The molecule has 7 heteroatoms. The minimum absolute atomic E-state index is 0.486. The smallest absolute Gasteiger partial charge is 0.389 e. The van der Waals surface area contributed by atoms with Gasteiger partial charge in [-0.1, -0.05) is 72.8 Å². The van der Waals surface area contributed by atoms with Gasteiger partial charge in [-0.05, 0) is 59.2 Å². The van der Waals surface area contributed by atoms with E-state index in [0.717, 1.165) is 44.8 Å². The van der Waals surface area contributed by atoms with Crippen LogP contribution in [0.5, 0.6) is 0 Å². The molecule has 0 amide bonds. The monoisotopic (exact) mass is 582 g/mol. The molecule has 4 aromatic carbocycles. The van der Waals surface area contributed by atoms with E-state index in [1.54, 1.807) is 0 Å². The zero-order chi connectivity index (χ0) is 30.6. The highest BCUT2D eigenvalue weighted by Crippen LogP contribution is 2.45. The summed E-state index contributed by atoms with van der Waals surface area (Å²) in [7, 11) is 7.88. The number of fused-ring (bicyclic) bond motifs is 2. The van der Waals surface area contributed by atoms with Crippen LogP contribution in [0, 0.1) is 0 Å². The number of rotatable bonds is 6. The van der Waals surface area contributed by atoms with Crippen molar-refractivity contribution in [3.05, 3.63) is 144 Å². The lowest BCUT2D eigenvalue weighted by atomic mass is 9.87. The SMILES string of the molecule is CN(C)c1ccc(C2=[N+]3C(=Cc4c(-c5ccccc5)cc(-c5ccc(N(C)C)cc5)n4[B-]3(F)F)C(c3ccccc3)=C2)cc1. The van der Waals surface area contributed by atoms with E-state index in [1.165, 1.54) is 8.96 Å². The van der Waals surface area contributed by atoms with Crippen LogP contribution in [0.3, 0.4) is 0 Å². The summed E-state index contributed by atoms with van der Waals surface area (Å²) < 4.78 is 37.6. The number of hydrogen-bond acceptors (Lipinski definition) is 2. The van der Waals surface area contributed by atoms with E-state index in [4.69, 9.17) is 0 Å². The fraction of sp³-hybridized carbons (Fsp3) is 0.108. The van der Waals surface area contributed by atoms with Crippen LogP contribution in [0.4, 0.5) is 20.0 Å². The molecule has 0 atom stereocenters. The molecule has 3 heterocycles. The number of halogens is 2. The molecule has 0 saturated heterocycles. The van der Waals surface area contributed by atoms with E-state index >= 15 is 8.63 Å². The third kappa shape index (κ3) is 4.47. The third-order valence-electron chi connectivity index (χ3n) is 8.58. The summed E-state index contributed by atoms with van der Waals surface area (Å²) in [4.78, 5) is 4.01. The largest absolute Gasteiger partial charge is 0.737 e. The van der Waals surface area contributed by atoms with Crippen LogP contribution in [-0.4, -0.2) is 49.8 Å². The highest BCUT2D eigenvalue weighted by atomic mass is 19.2. The first-order chi connectivity index (χ1) is 21.2. The number of aromatic nitrogens is 1. The predicted octanol–water partition coefficient (Wildman–Crippen LogP) is 8.13. The van der Waals surface area contributed by atoms with Crippen molar-refractivity contribution in [1.29, 1.82) is 0 Å². The van der Waals surface area contributed by atoms with Gasteiger partial charge in [-0.3, -0.25) is 0 Å². The van der Waals surface area contributed by atoms with Gasteiger partial charge >= 0.3 is 6.97 Å². The number of benzene rings is 4. The standard InChI is InChI=1S/C37H33BF2N4/c1-41(2)30-19-15-28(16-20-30)34-23-32(26-11-7-5-8-12-26)36-25-37-33(27-13-9-6-10-14-27)24-35(44(37)38(39,40)43(34)36)29-17-21-31(22-18-29)42(3)4/h5-25H,1-4H3. The summed E-state index contributed by atoms with van der Waals surface area (Å²) in [5.41, 5.74) is 8.84. The van der Waals surface area contributed by atoms with Crippen molar-refractivity contribution in [3.63, 3.8) is 0 Å². The molecular weight excluding hydrogens is 549 g/mol. The van der Waals surface area contributed by atoms with Crippen molar-refractivity contribution >= 4 is 35.7 Å². The summed E-state index contributed by atoms with van der Waals surface area (Å²) in [6.07, 6.45) is 3.86. The Morgan fingerprint density at radius 3 is 1.66 bits per heavy atom. The van der Waals surface area contributed by atoms with E-state index in [2.05, 4.69) is 0 Å². The van der Waals surface area contributed by atoms with Gasteiger partial charge in [0.1, 0.15) is 0 Å². The Hall–Kier alpha value is -5.17. The molecule has 2 aliphatic rings. The number of hydrogen-bond donors (Lipinski definition) is 0. The Morgan fingerprint density at radius 2 is 1.11 bits per heavy atom. The topological polar surface area (TPSA) is 14.4 Å². The molecule has 5 aromatic rings. The molecule has 0 bridgehead atoms. The van der Waals surface area contributed by atoms with Gasteiger partial charge in [-0.25, -0.2) is 0 Å². The summed E-state index contributed by atoms with van der Waals surface area (Å²) in [5.74, 6) is 0. The second kappa shape index (κ2) is 10.5. The van der Waals surface area contributed by atoms with Gasteiger partial charge in [0.2, 0.25) is 0 Å². The predicted molar refractivity (Wildman–Crippen MR) is 181 cm³/mol. The molecule has 0 aliphatic carbocycles. The number of nitrogens with zero attached hydrogens (tertiary/aromatic N) is 4. The minimum atomic E-state index is -4.31. The molecule has 1 aromatic heterocycles. The Labute approximate surface area is 257 Å².